The van der Waals surface area contributed by atoms with Gasteiger partial charge in [0, 0.05) is 38.9 Å². The number of ether oxygens (including phenoxy) is 1. The zero-order valence-corrected chi connectivity index (χ0v) is 18.3. The molecule has 1 saturated heterocycles. The van der Waals surface area contributed by atoms with E-state index in [1.807, 2.05) is 29.2 Å². The summed E-state index contributed by atoms with van der Waals surface area (Å²) in [7, 11) is 1.77. The highest BCUT2D eigenvalue weighted by atomic mass is 16.5. The quantitative estimate of drug-likeness (QED) is 0.275. The average molecular weight is 416 g/mol. The lowest BCUT2D eigenvalue weighted by Crippen LogP contribution is -2.39. The zero-order valence-electron chi connectivity index (χ0n) is 18.3. The lowest BCUT2D eigenvalue weighted by molar-refractivity contribution is 0.0468. The van der Waals surface area contributed by atoms with E-state index in [1.54, 1.807) is 7.05 Å². The van der Waals surface area contributed by atoms with E-state index in [9.17, 15) is 4.79 Å². The molecular weight excluding hydrogens is 378 g/mol. The number of anilines is 1. The molecule has 1 aromatic carbocycles. The standard InChI is InChI=1S/C23H37N5O2/c1-24-22(25-13-16-30-21-11-4-2-3-5-12-21)26-18-19-9-8-10-20(17-19)27-23(29)28-14-6-7-15-28/h8-10,17,21H,2-7,11-16,18H2,1H3,(H,27,29)(H2,24,25,26). The lowest BCUT2D eigenvalue weighted by atomic mass is 10.1. The molecule has 7 nitrogen and oxygen atoms in total. The Bertz CT molecular complexity index is 680. The summed E-state index contributed by atoms with van der Waals surface area (Å²) in [4.78, 5) is 18.4. The number of nitrogens with zero attached hydrogens (tertiary/aromatic N) is 2. The van der Waals surface area contributed by atoms with Crippen LogP contribution in [0.2, 0.25) is 0 Å². The van der Waals surface area contributed by atoms with Gasteiger partial charge >= 0.3 is 6.03 Å². The van der Waals surface area contributed by atoms with E-state index in [0.717, 1.165) is 49.7 Å². The van der Waals surface area contributed by atoms with E-state index in [4.69, 9.17) is 4.74 Å². The van der Waals surface area contributed by atoms with Crippen molar-refractivity contribution in [2.24, 2.45) is 4.99 Å². The maximum absolute atomic E-state index is 12.3. The number of guanidine groups is 1. The second-order valence-electron chi connectivity index (χ2n) is 8.16. The third-order valence-corrected chi connectivity index (χ3v) is 5.81. The molecule has 1 heterocycles. The Labute approximate surface area is 180 Å². The maximum atomic E-state index is 12.3. The molecule has 2 fully saturated rings. The monoisotopic (exact) mass is 415 g/mol. The molecule has 30 heavy (non-hydrogen) atoms. The number of urea groups is 1. The van der Waals surface area contributed by atoms with E-state index < -0.39 is 0 Å². The summed E-state index contributed by atoms with van der Waals surface area (Å²) in [5, 5.41) is 9.65. The number of carbonyl (C=O) groups excluding carboxylic acids is 1. The van der Waals surface area contributed by atoms with Gasteiger partial charge in [0.1, 0.15) is 0 Å². The van der Waals surface area contributed by atoms with Crippen LogP contribution in [0.5, 0.6) is 0 Å². The van der Waals surface area contributed by atoms with Crippen molar-refractivity contribution in [2.75, 3.05) is 38.6 Å². The van der Waals surface area contributed by atoms with Crippen LogP contribution in [0.4, 0.5) is 10.5 Å². The first-order valence-electron chi connectivity index (χ1n) is 11.5. The van der Waals surface area contributed by atoms with Crippen molar-refractivity contribution >= 4 is 17.7 Å². The number of aliphatic imine (C=N–C) groups is 1. The van der Waals surface area contributed by atoms with Gasteiger partial charge in [0.2, 0.25) is 0 Å². The predicted molar refractivity (Wildman–Crippen MR) is 122 cm³/mol. The molecule has 0 aromatic heterocycles. The molecule has 7 heteroatoms. The zero-order chi connectivity index (χ0) is 21.0. The van der Waals surface area contributed by atoms with Crippen LogP contribution in [0.1, 0.15) is 56.9 Å². The summed E-state index contributed by atoms with van der Waals surface area (Å²) in [5.41, 5.74) is 1.91. The minimum atomic E-state index is -0.0104. The summed E-state index contributed by atoms with van der Waals surface area (Å²) in [6.07, 6.45) is 10.3. The second kappa shape index (κ2) is 12.4. The second-order valence-corrected chi connectivity index (χ2v) is 8.16. The molecule has 1 aromatic rings. The topological polar surface area (TPSA) is 78.0 Å². The van der Waals surface area contributed by atoms with Crippen LogP contribution >= 0.6 is 0 Å². The van der Waals surface area contributed by atoms with Gasteiger partial charge in [-0.2, -0.15) is 0 Å². The molecule has 3 N–H and O–H groups in total. The highest BCUT2D eigenvalue weighted by molar-refractivity contribution is 5.89. The number of nitrogens with one attached hydrogen (secondary N) is 3. The van der Waals surface area contributed by atoms with Crippen molar-refractivity contribution in [1.29, 1.82) is 0 Å². The van der Waals surface area contributed by atoms with Crippen LogP contribution < -0.4 is 16.0 Å². The molecule has 0 bridgehead atoms. The van der Waals surface area contributed by atoms with Crippen LogP contribution in [0, 0.1) is 0 Å². The largest absolute Gasteiger partial charge is 0.376 e. The predicted octanol–water partition coefficient (Wildman–Crippen LogP) is 3.72. The number of carbonyl (C=O) groups is 1. The number of hydrogen-bond acceptors (Lipinski definition) is 3. The van der Waals surface area contributed by atoms with E-state index in [0.29, 0.717) is 19.3 Å². The third kappa shape index (κ3) is 7.52. The number of rotatable bonds is 7. The van der Waals surface area contributed by atoms with E-state index >= 15 is 0 Å². The van der Waals surface area contributed by atoms with Crippen LogP contribution in [-0.2, 0) is 11.3 Å². The van der Waals surface area contributed by atoms with Gasteiger partial charge in [0.15, 0.2) is 5.96 Å². The average Bonchev–Trinajstić information content (AvgIpc) is 3.18. The normalized spacial score (nSPS) is 18.2. The summed E-state index contributed by atoms with van der Waals surface area (Å²) in [6.45, 7) is 3.77. The molecule has 0 unspecified atom stereocenters. The van der Waals surface area contributed by atoms with Crippen molar-refractivity contribution in [3.63, 3.8) is 0 Å². The summed E-state index contributed by atoms with van der Waals surface area (Å²) in [5.74, 6) is 0.756. The van der Waals surface area contributed by atoms with Crippen LogP contribution in [0.3, 0.4) is 0 Å². The van der Waals surface area contributed by atoms with Gasteiger partial charge in [-0.15, -0.1) is 0 Å². The minimum absolute atomic E-state index is 0.0104. The van der Waals surface area contributed by atoms with Gasteiger partial charge in [0.25, 0.3) is 0 Å². The molecule has 166 valence electrons. The maximum Gasteiger partial charge on any atom is 0.321 e. The Kier molecular flexibility index (Phi) is 9.28. The molecule has 2 amide bonds. The Hall–Kier alpha value is -2.28. The highest BCUT2D eigenvalue weighted by Gasteiger charge is 2.17. The van der Waals surface area contributed by atoms with Gasteiger partial charge in [-0.3, -0.25) is 4.99 Å². The highest BCUT2D eigenvalue weighted by Crippen LogP contribution is 2.19. The summed E-state index contributed by atoms with van der Waals surface area (Å²) in [6, 6.07) is 7.93. The van der Waals surface area contributed by atoms with E-state index in [-0.39, 0.29) is 6.03 Å². The van der Waals surface area contributed by atoms with E-state index in [2.05, 4.69) is 20.9 Å². The number of benzene rings is 1. The van der Waals surface area contributed by atoms with Gasteiger partial charge < -0.3 is 25.6 Å². The molecule has 0 atom stereocenters. The number of likely N-dealkylation sites (tertiary alicyclic amines) is 1. The van der Waals surface area contributed by atoms with Gasteiger partial charge in [0.05, 0.1) is 12.7 Å². The number of amides is 2. The summed E-state index contributed by atoms with van der Waals surface area (Å²) < 4.78 is 6.03. The van der Waals surface area contributed by atoms with Crippen molar-refractivity contribution < 1.29 is 9.53 Å². The van der Waals surface area contributed by atoms with Crippen molar-refractivity contribution in [2.45, 2.75) is 64.0 Å². The molecule has 2 aliphatic rings. The van der Waals surface area contributed by atoms with Crippen LogP contribution in [0.25, 0.3) is 0 Å². The van der Waals surface area contributed by atoms with Crippen molar-refractivity contribution in [3.8, 4) is 0 Å². The molecule has 0 spiro atoms. The summed E-state index contributed by atoms with van der Waals surface area (Å²) >= 11 is 0. The fraction of sp³-hybridized carbons (Fsp3) is 0.652. The van der Waals surface area contributed by atoms with Crippen LogP contribution in [-0.4, -0.2) is 56.3 Å². The van der Waals surface area contributed by atoms with Gasteiger partial charge in [-0.05, 0) is 43.4 Å². The molecular formula is C23H37N5O2. The molecule has 1 saturated carbocycles. The van der Waals surface area contributed by atoms with Crippen molar-refractivity contribution in [1.82, 2.24) is 15.5 Å². The smallest absolute Gasteiger partial charge is 0.321 e. The Balaban J connectivity index is 1.37. The Morgan fingerprint density at radius 3 is 2.60 bits per heavy atom. The Morgan fingerprint density at radius 2 is 1.87 bits per heavy atom. The molecule has 3 rings (SSSR count). The lowest BCUT2D eigenvalue weighted by Gasteiger charge is -2.17. The minimum Gasteiger partial charge on any atom is -0.376 e. The SMILES string of the molecule is CN=C(NCCOC1CCCCCC1)NCc1cccc(NC(=O)N2CCCC2)c1. The van der Waals surface area contributed by atoms with Gasteiger partial charge in [-0.1, -0.05) is 37.8 Å². The van der Waals surface area contributed by atoms with Crippen LogP contribution in [0.15, 0.2) is 29.3 Å². The molecule has 0 radical (unpaired) electrons. The number of hydrogen-bond donors (Lipinski definition) is 3. The third-order valence-electron chi connectivity index (χ3n) is 5.81. The first kappa shape index (κ1) is 22.4. The van der Waals surface area contributed by atoms with E-state index in [1.165, 1.54) is 38.5 Å². The first-order valence-corrected chi connectivity index (χ1v) is 11.5. The van der Waals surface area contributed by atoms with Crippen molar-refractivity contribution in [3.05, 3.63) is 29.8 Å². The molecule has 1 aliphatic carbocycles. The first-order chi connectivity index (χ1) is 14.7. The Morgan fingerprint density at radius 1 is 1.10 bits per heavy atom. The van der Waals surface area contributed by atoms with Gasteiger partial charge in [-0.25, -0.2) is 4.79 Å². The molecule has 1 aliphatic heterocycles. The fourth-order valence-corrected chi connectivity index (χ4v) is 4.09. The fourth-order valence-electron chi connectivity index (χ4n) is 4.09.